The van der Waals surface area contributed by atoms with Crippen molar-refractivity contribution in [2.45, 2.75) is 19.3 Å². The number of pyridine rings is 1. The maximum Gasteiger partial charge on any atom is 0.272 e. The summed E-state index contributed by atoms with van der Waals surface area (Å²) in [5.74, 6) is -0.126. The molecule has 154 valence electrons. The van der Waals surface area contributed by atoms with Crippen LogP contribution in [-0.4, -0.2) is 41.8 Å². The Labute approximate surface area is 180 Å². The zero-order valence-corrected chi connectivity index (χ0v) is 17.8. The van der Waals surface area contributed by atoms with E-state index in [1.807, 2.05) is 18.2 Å². The molecule has 3 aromatic rings. The van der Waals surface area contributed by atoms with E-state index in [0.29, 0.717) is 25.2 Å². The van der Waals surface area contributed by atoms with Gasteiger partial charge in [0.05, 0.1) is 5.41 Å². The van der Waals surface area contributed by atoms with Gasteiger partial charge in [0, 0.05) is 31.2 Å². The lowest BCUT2D eigenvalue weighted by Crippen LogP contribution is -2.54. The third-order valence-electron chi connectivity index (χ3n) is 5.73. The molecule has 1 fully saturated rings. The van der Waals surface area contributed by atoms with Crippen LogP contribution in [0.3, 0.4) is 0 Å². The molecular formula is C24H25N3O2S. The number of amides is 2. The van der Waals surface area contributed by atoms with Gasteiger partial charge in [0.1, 0.15) is 5.69 Å². The fourth-order valence-corrected chi connectivity index (χ4v) is 5.02. The highest BCUT2D eigenvalue weighted by Crippen LogP contribution is 2.36. The van der Waals surface area contributed by atoms with Crippen LogP contribution < -0.4 is 5.32 Å². The van der Waals surface area contributed by atoms with Crippen LogP contribution in [-0.2, 0) is 11.2 Å². The number of hydrogen-bond donors (Lipinski definition) is 1. The predicted molar refractivity (Wildman–Crippen MR) is 119 cm³/mol. The van der Waals surface area contributed by atoms with Crippen LogP contribution in [0.4, 0.5) is 0 Å². The van der Waals surface area contributed by atoms with Crippen molar-refractivity contribution >= 4 is 23.2 Å². The van der Waals surface area contributed by atoms with Crippen molar-refractivity contribution in [1.82, 2.24) is 15.2 Å². The Bertz CT molecular complexity index is 1020. The number of hydrogen-bond acceptors (Lipinski definition) is 4. The molecule has 0 saturated carbocycles. The Morgan fingerprint density at radius 3 is 2.80 bits per heavy atom. The molecule has 1 unspecified atom stereocenters. The molecule has 30 heavy (non-hydrogen) atoms. The minimum atomic E-state index is -0.647. The lowest BCUT2D eigenvalue weighted by Gasteiger charge is -2.41. The lowest BCUT2D eigenvalue weighted by atomic mass is 9.74. The maximum atomic E-state index is 13.0. The molecule has 6 heteroatoms. The van der Waals surface area contributed by atoms with E-state index in [4.69, 9.17) is 0 Å². The molecule has 1 atom stereocenters. The highest BCUT2D eigenvalue weighted by Gasteiger charge is 2.43. The van der Waals surface area contributed by atoms with E-state index in [9.17, 15) is 9.59 Å². The minimum Gasteiger partial charge on any atom is -0.359 e. The zero-order valence-electron chi connectivity index (χ0n) is 17.0. The number of benzene rings is 1. The SMILES string of the molecule is CNC(=O)C1(Cc2cccc(-c3cccs3)c2)CCCN(C(=O)c2ccccn2)C1. The molecule has 1 aromatic carbocycles. The number of nitrogens with one attached hydrogen (secondary N) is 1. The molecule has 0 bridgehead atoms. The topological polar surface area (TPSA) is 62.3 Å². The van der Waals surface area contributed by atoms with Crippen molar-refractivity contribution in [3.05, 3.63) is 77.4 Å². The van der Waals surface area contributed by atoms with Crippen LogP contribution in [0.25, 0.3) is 10.4 Å². The first kappa shape index (κ1) is 20.3. The van der Waals surface area contributed by atoms with Crippen LogP contribution in [0.5, 0.6) is 0 Å². The first-order valence-electron chi connectivity index (χ1n) is 10.2. The molecule has 0 spiro atoms. The highest BCUT2D eigenvalue weighted by atomic mass is 32.1. The molecule has 1 N–H and O–H groups in total. The van der Waals surface area contributed by atoms with Gasteiger partial charge in [-0.2, -0.15) is 0 Å². The van der Waals surface area contributed by atoms with Crippen LogP contribution in [0.15, 0.2) is 66.2 Å². The van der Waals surface area contributed by atoms with Crippen LogP contribution in [0, 0.1) is 5.41 Å². The van der Waals surface area contributed by atoms with Crippen molar-refractivity contribution < 1.29 is 9.59 Å². The van der Waals surface area contributed by atoms with E-state index >= 15 is 0 Å². The normalized spacial score (nSPS) is 18.8. The number of carbonyl (C=O) groups excluding carboxylic acids is 2. The van der Waals surface area contributed by atoms with Crippen LogP contribution in [0.1, 0.15) is 28.9 Å². The Morgan fingerprint density at radius 1 is 1.17 bits per heavy atom. The summed E-state index contributed by atoms with van der Waals surface area (Å²) in [4.78, 5) is 33.2. The average Bonchev–Trinajstić information content (AvgIpc) is 3.34. The zero-order chi connectivity index (χ0) is 21.0. The molecule has 0 radical (unpaired) electrons. The summed E-state index contributed by atoms with van der Waals surface area (Å²) in [6.07, 6.45) is 3.76. The number of aromatic nitrogens is 1. The first-order chi connectivity index (χ1) is 14.6. The summed E-state index contributed by atoms with van der Waals surface area (Å²) in [5, 5.41) is 4.91. The Balaban J connectivity index is 1.61. The molecule has 0 aliphatic carbocycles. The smallest absolute Gasteiger partial charge is 0.272 e. The van der Waals surface area contributed by atoms with Gasteiger partial charge in [0.2, 0.25) is 5.91 Å². The first-order valence-corrected chi connectivity index (χ1v) is 11.0. The molecule has 4 rings (SSSR count). The molecule has 5 nitrogen and oxygen atoms in total. The second-order valence-corrected chi connectivity index (χ2v) is 8.71. The summed E-state index contributed by atoms with van der Waals surface area (Å²) in [7, 11) is 1.67. The van der Waals surface area contributed by atoms with Crippen molar-refractivity contribution in [3.8, 4) is 10.4 Å². The summed E-state index contributed by atoms with van der Waals surface area (Å²) in [5.41, 5.74) is 2.04. The Morgan fingerprint density at radius 2 is 2.07 bits per heavy atom. The van der Waals surface area contributed by atoms with Gasteiger partial charge in [-0.1, -0.05) is 36.4 Å². The number of piperidine rings is 1. The van der Waals surface area contributed by atoms with Gasteiger partial charge in [0.25, 0.3) is 5.91 Å². The summed E-state index contributed by atoms with van der Waals surface area (Å²) >= 11 is 1.70. The number of thiophene rings is 1. The molecule has 1 aliphatic heterocycles. The second kappa shape index (κ2) is 8.79. The van der Waals surface area contributed by atoms with E-state index in [2.05, 4.69) is 39.9 Å². The molecule has 2 amide bonds. The summed E-state index contributed by atoms with van der Waals surface area (Å²) in [6.45, 7) is 1.04. The fraction of sp³-hybridized carbons (Fsp3) is 0.292. The van der Waals surface area contributed by atoms with Gasteiger partial charge in [-0.05, 0) is 54.0 Å². The molecule has 3 heterocycles. The molecular weight excluding hydrogens is 394 g/mol. The maximum absolute atomic E-state index is 13.0. The lowest BCUT2D eigenvalue weighted by molar-refractivity contribution is -0.133. The van der Waals surface area contributed by atoms with Crippen LogP contribution >= 0.6 is 11.3 Å². The molecule has 1 aliphatic rings. The van der Waals surface area contributed by atoms with E-state index in [-0.39, 0.29) is 11.8 Å². The van der Waals surface area contributed by atoms with E-state index in [1.54, 1.807) is 41.6 Å². The quantitative estimate of drug-likeness (QED) is 0.679. The summed E-state index contributed by atoms with van der Waals surface area (Å²) < 4.78 is 0. The van der Waals surface area contributed by atoms with Crippen molar-refractivity contribution in [2.24, 2.45) is 5.41 Å². The minimum absolute atomic E-state index is 0.0115. The van der Waals surface area contributed by atoms with E-state index < -0.39 is 5.41 Å². The van der Waals surface area contributed by atoms with Gasteiger partial charge in [-0.3, -0.25) is 14.6 Å². The van der Waals surface area contributed by atoms with Crippen molar-refractivity contribution in [2.75, 3.05) is 20.1 Å². The number of carbonyl (C=O) groups is 2. The molecule has 2 aromatic heterocycles. The predicted octanol–water partition coefficient (Wildman–Crippen LogP) is 4.02. The third kappa shape index (κ3) is 4.14. The van der Waals surface area contributed by atoms with Gasteiger partial charge in [0.15, 0.2) is 0 Å². The fourth-order valence-electron chi connectivity index (χ4n) is 4.30. The van der Waals surface area contributed by atoms with Gasteiger partial charge in [-0.25, -0.2) is 0 Å². The standard InChI is InChI=1S/C24H25N3O2S/c1-25-23(29)24(16-18-7-4-8-19(15-18)21-10-5-14-30-21)11-6-13-27(17-24)22(28)20-9-2-3-12-26-20/h2-5,7-10,12,14-15H,6,11,13,16-17H2,1H3,(H,25,29). The number of likely N-dealkylation sites (tertiary alicyclic amines) is 1. The van der Waals surface area contributed by atoms with Gasteiger partial charge in [-0.15, -0.1) is 11.3 Å². The Hall–Kier alpha value is -2.99. The number of nitrogens with zero attached hydrogens (tertiary/aromatic N) is 2. The molecule has 1 saturated heterocycles. The second-order valence-electron chi connectivity index (χ2n) is 7.76. The third-order valence-corrected chi connectivity index (χ3v) is 6.65. The largest absolute Gasteiger partial charge is 0.359 e. The van der Waals surface area contributed by atoms with Gasteiger partial charge >= 0.3 is 0 Å². The number of rotatable bonds is 5. The van der Waals surface area contributed by atoms with Crippen LogP contribution in [0.2, 0.25) is 0 Å². The van der Waals surface area contributed by atoms with Crippen molar-refractivity contribution in [1.29, 1.82) is 0 Å². The summed E-state index contributed by atoms with van der Waals surface area (Å²) in [6, 6.07) is 17.9. The monoisotopic (exact) mass is 419 g/mol. The average molecular weight is 420 g/mol. The van der Waals surface area contributed by atoms with E-state index in [1.165, 1.54) is 4.88 Å². The van der Waals surface area contributed by atoms with Gasteiger partial charge < -0.3 is 10.2 Å². The highest BCUT2D eigenvalue weighted by molar-refractivity contribution is 7.13. The van der Waals surface area contributed by atoms with Crippen molar-refractivity contribution in [3.63, 3.8) is 0 Å². The van der Waals surface area contributed by atoms with E-state index in [0.717, 1.165) is 24.0 Å². The Kier molecular flexibility index (Phi) is 5.95.